The smallest absolute Gasteiger partial charge is 0.338 e. The van der Waals surface area contributed by atoms with Crippen molar-refractivity contribution in [2.75, 3.05) is 31.1 Å². The maximum Gasteiger partial charge on any atom is 0.338 e. The van der Waals surface area contributed by atoms with Crippen molar-refractivity contribution < 1.29 is 24.0 Å². The number of nitro benzene ring substituents is 1. The van der Waals surface area contributed by atoms with E-state index in [9.17, 15) is 24.5 Å². The van der Waals surface area contributed by atoms with Crippen molar-refractivity contribution >= 4 is 29.3 Å². The van der Waals surface area contributed by atoms with E-state index in [1.165, 1.54) is 12.1 Å². The van der Waals surface area contributed by atoms with E-state index in [2.05, 4.69) is 5.32 Å². The predicted octanol–water partition coefficient (Wildman–Crippen LogP) is 1.59. The first-order valence-electron chi connectivity index (χ1n) is 8.70. The van der Waals surface area contributed by atoms with Gasteiger partial charge in [-0.1, -0.05) is 6.92 Å². The van der Waals surface area contributed by atoms with Crippen molar-refractivity contribution in [2.45, 2.75) is 26.2 Å². The first-order chi connectivity index (χ1) is 12.9. The summed E-state index contributed by atoms with van der Waals surface area (Å²) in [5.41, 5.74) is 0.238. The zero-order valence-electron chi connectivity index (χ0n) is 15.0. The molecule has 1 fully saturated rings. The number of amides is 3. The fraction of sp³-hybridized carbons (Fsp3) is 0.471. The number of nitro groups is 1. The van der Waals surface area contributed by atoms with E-state index in [4.69, 9.17) is 4.74 Å². The van der Waals surface area contributed by atoms with Crippen LogP contribution >= 0.6 is 0 Å². The normalized spacial score (nSPS) is 13.1. The topological polar surface area (TPSA) is 131 Å². The third-order valence-corrected chi connectivity index (χ3v) is 3.98. The van der Waals surface area contributed by atoms with Gasteiger partial charge in [0.15, 0.2) is 6.61 Å². The van der Waals surface area contributed by atoms with Gasteiger partial charge in [-0.3, -0.25) is 20.2 Å². The van der Waals surface area contributed by atoms with E-state index in [-0.39, 0.29) is 11.3 Å². The number of ether oxygens (including phenoxy) is 1. The lowest BCUT2D eigenvalue weighted by atomic mass is 10.1. The van der Waals surface area contributed by atoms with Crippen LogP contribution in [0.1, 0.15) is 36.5 Å². The average Bonchev–Trinajstić information content (AvgIpc) is 3.18. The molecule has 0 saturated carbocycles. The van der Waals surface area contributed by atoms with Gasteiger partial charge in [-0.25, -0.2) is 9.59 Å². The highest BCUT2D eigenvalue weighted by atomic mass is 16.6. The van der Waals surface area contributed by atoms with Crippen molar-refractivity contribution in [1.29, 1.82) is 0 Å². The first kappa shape index (κ1) is 20.1. The number of hydrogen-bond acceptors (Lipinski definition) is 7. The second-order valence-corrected chi connectivity index (χ2v) is 6.03. The van der Waals surface area contributed by atoms with Crippen LogP contribution in [0.5, 0.6) is 0 Å². The Kier molecular flexibility index (Phi) is 7.09. The molecule has 0 spiro atoms. The second-order valence-electron chi connectivity index (χ2n) is 6.03. The Morgan fingerprint density at radius 3 is 2.59 bits per heavy atom. The molecule has 0 unspecified atom stereocenters. The molecular weight excluding hydrogens is 356 g/mol. The molecule has 0 bridgehead atoms. The van der Waals surface area contributed by atoms with Crippen LogP contribution < -0.4 is 15.5 Å². The number of rotatable bonds is 7. The van der Waals surface area contributed by atoms with Crippen molar-refractivity contribution in [1.82, 2.24) is 10.6 Å². The van der Waals surface area contributed by atoms with Crippen LogP contribution in [0.15, 0.2) is 18.2 Å². The Morgan fingerprint density at radius 1 is 1.26 bits per heavy atom. The molecule has 10 heteroatoms. The van der Waals surface area contributed by atoms with Gasteiger partial charge in [-0.2, -0.15) is 0 Å². The van der Waals surface area contributed by atoms with Crippen LogP contribution in [-0.4, -0.2) is 49.1 Å². The fourth-order valence-electron chi connectivity index (χ4n) is 2.68. The number of nitrogens with zero attached hydrogens (tertiary/aromatic N) is 2. The zero-order valence-corrected chi connectivity index (χ0v) is 15.0. The molecule has 3 amide bonds. The molecule has 27 heavy (non-hydrogen) atoms. The average molecular weight is 378 g/mol. The van der Waals surface area contributed by atoms with Gasteiger partial charge in [-0.05, 0) is 31.4 Å². The van der Waals surface area contributed by atoms with Gasteiger partial charge in [-0.15, -0.1) is 0 Å². The number of imide groups is 1. The highest BCUT2D eigenvalue weighted by molar-refractivity contribution is 5.97. The van der Waals surface area contributed by atoms with E-state index in [1.54, 1.807) is 0 Å². The maximum absolute atomic E-state index is 12.1. The highest BCUT2D eigenvalue weighted by Crippen LogP contribution is 2.31. The SMILES string of the molecule is CCCNC(=O)NC(=O)COC(=O)c1ccc(N2CCCC2)c([N+](=O)[O-])c1. The zero-order chi connectivity index (χ0) is 19.8. The van der Waals surface area contributed by atoms with Crippen molar-refractivity contribution in [3.05, 3.63) is 33.9 Å². The third-order valence-electron chi connectivity index (χ3n) is 3.98. The number of nitrogens with one attached hydrogen (secondary N) is 2. The number of urea groups is 1. The van der Waals surface area contributed by atoms with E-state index < -0.39 is 29.4 Å². The molecule has 0 aliphatic carbocycles. The molecule has 146 valence electrons. The molecule has 1 aliphatic rings. The summed E-state index contributed by atoms with van der Waals surface area (Å²) < 4.78 is 4.83. The van der Waals surface area contributed by atoms with Crippen LogP contribution in [0, 0.1) is 10.1 Å². The predicted molar refractivity (Wildman–Crippen MR) is 96.7 cm³/mol. The lowest BCUT2D eigenvalue weighted by Gasteiger charge is -2.17. The third kappa shape index (κ3) is 5.66. The van der Waals surface area contributed by atoms with Gasteiger partial charge in [0.1, 0.15) is 5.69 Å². The Morgan fingerprint density at radius 2 is 1.96 bits per heavy atom. The molecule has 1 heterocycles. The Balaban J connectivity index is 1.97. The van der Waals surface area contributed by atoms with Crippen LogP contribution in [0.2, 0.25) is 0 Å². The lowest BCUT2D eigenvalue weighted by Crippen LogP contribution is -2.41. The summed E-state index contributed by atoms with van der Waals surface area (Å²) >= 11 is 0. The molecule has 1 saturated heterocycles. The summed E-state index contributed by atoms with van der Waals surface area (Å²) in [6.07, 6.45) is 2.63. The first-order valence-corrected chi connectivity index (χ1v) is 8.70. The molecule has 1 aromatic rings. The quantitative estimate of drug-likeness (QED) is 0.418. The van der Waals surface area contributed by atoms with Crippen molar-refractivity contribution in [3.8, 4) is 0 Å². The van der Waals surface area contributed by atoms with Crippen molar-refractivity contribution in [2.24, 2.45) is 0 Å². The maximum atomic E-state index is 12.1. The summed E-state index contributed by atoms with van der Waals surface area (Å²) in [6, 6.07) is 3.40. The summed E-state index contributed by atoms with van der Waals surface area (Å²) in [4.78, 5) is 47.7. The molecule has 10 nitrogen and oxygen atoms in total. The minimum absolute atomic E-state index is 0.0344. The number of benzene rings is 1. The van der Waals surface area contributed by atoms with E-state index >= 15 is 0 Å². The monoisotopic (exact) mass is 378 g/mol. The Labute approximate surface area is 156 Å². The lowest BCUT2D eigenvalue weighted by molar-refractivity contribution is -0.384. The molecule has 0 radical (unpaired) electrons. The Hall–Kier alpha value is -3.17. The molecule has 0 aromatic heterocycles. The number of hydrogen-bond donors (Lipinski definition) is 2. The summed E-state index contributed by atoms with van der Waals surface area (Å²) in [7, 11) is 0. The number of anilines is 1. The molecule has 2 rings (SSSR count). The minimum atomic E-state index is -0.879. The molecule has 1 aromatic carbocycles. The molecule has 1 aliphatic heterocycles. The second kappa shape index (κ2) is 9.51. The van der Waals surface area contributed by atoms with Gasteiger partial charge in [0.25, 0.3) is 11.6 Å². The van der Waals surface area contributed by atoms with Gasteiger partial charge in [0, 0.05) is 25.7 Å². The number of carbonyl (C=O) groups is 3. The molecule has 2 N–H and O–H groups in total. The van der Waals surface area contributed by atoms with Crippen molar-refractivity contribution in [3.63, 3.8) is 0 Å². The minimum Gasteiger partial charge on any atom is -0.452 e. The largest absolute Gasteiger partial charge is 0.452 e. The van der Waals surface area contributed by atoms with Crippen LogP contribution in [-0.2, 0) is 9.53 Å². The van der Waals surface area contributed by atoms with E-state index in [0.29, 0.717) is 18.7 Å². The van der Waals surface area contributed by atoms with Crippen LogP contribution in [0.3, 0.4) is 0 Å². The summed E-state index contributed by atoms with van der Waals surface area (Å²) in [6.45, 7) is 3.06. The summed E-state index contributed by atoms with van der Waals surface area (Å²) in [5, 5.41) is 15.8. The molecule has 0 atom stereocenters. The van der Waals surface area contributed by atoms with Crippen LogP contribution in [0.25, 0.3) is 0 Å². The van der Waals surface area contributed by atoms with Crippen LogP contribution in [0.4, 0.5) is 16.2 Å². The fourth-order valence-corrected chi connectivity index (χ4v) is 2.68. The highest BCUT2D eigenvalue weighted by Gasteiger charge is 2.24. The molecular formula is C17H22N4O6. The van der Waals surface area contributed by atoms with Gasteiger partial charge < -0.3 is 15.0 Å². The Bertz CT molecular complexity index is 730. The standard InChI is InChI=1S/C17H22N4O6/c1-2-7-18-17(24)19-15(22)11-27-16(23)12-5-6-13(14(10-12)21(25)26)20-8-3-4-9-20/h5-6,10H,2-4,7-9,11H2,1H3,(H2,18,19,22,24). The number of esters is 1. The van der Waals surface area contributed by atoms with E-state index in [0.717, 1.165) is 32.0 Å². The van der Waals surface area contributed by atoms with E-state index in [1.807, 2.05) is 17.1 Å². The summed E-state index contributed by atoms with van der Waals surface area (Å²) in [5.74, 6) is -1.67. The van der Waals surface area contributed by atoms with Gasteiger partial charge in [0.05, 0.1) is 10.5 Å². The number of carbonyl (C=O) groups excluding carboxylic acids is 3. The van der Waals surface area contributed by atoms with Gasteiger partial charge >= 0.3 is 12.0 Å². The van der Waals surface area contributed by atoms with Gasteiger partial charge in [0.2, 0.25) is 0 Å².